The molecule has 0 bridgehead atoms. The minimum Gasteiger partial charge on any atom is -0.316 e. The van der Waals surface area contributed by atoms with E-state index in [0.29, 0.717) is 18.4 Å². The summed E-state index contributed by atoms with van der Waals surface area (Å²) in [5.41, 5.74) is 0. The first kappa shape index (κ1) is 11.9. The van der Waals surface area contributed by atoms with Gasteiger partial charge in [0.15, 0.2) is 0 Å². The molecule has 0 aromatic carbocycles. The average molecular weight is 221 g/mol. The molecule has 84 valence electrons. The Bertz CT molecular complexity index is 266. The Balaban J connectivity index is 2.36. The highest BCUT2D eigenvalue weighted by molar-refractivity contribution is 7.87. The maximum Gasteiger partial charge on any atom is 0.276 e. The summed E-state index contributed by atoms with van der Waals surface area (Å²) in [7, 11) is -1.86. The lowest BCUT2D eigenvalue weighted by Crippen LogP contribution is -2.44. The third-order valence-electron chi connectivity index (χ3n) is 2.79. The van der Waals surface area contributed by atoms with Gasteiger partial charge in [-0.1, -0.05) is 6.92 Å². The van der Waals surface area contributed by atoms with Gasteiger partial charge in [-0.3, -0.25) is 0 Å². The van der Waals surface area contributed by atoms with Gasteiger partial charge in [-0.2, -0.15) is 8.42 Å². The Morgan fingerprint density at radius 3 is 2.79 bits per heavy atom. The second-order valence-corrected chi connectivity index (χ2v) is 5.49. The summed E-state index contributed by atoms with van der Waals surface area (Å²) in [6, 6.07) is 0. The predicted octanol–water partition coefficient (Wildman–Crippen LogP) is -0.714. The molecule has 2 atom stereocenters. The summed E-state index contributed by atoms with van der Waals surface area (Å²) in [6.45, 7) is 4.61. The molecule has 0 aromatic heterocycles. The van der Waals surface area contributed by atoms with Gasteiger partial charge < -0.3 is 5.32 Å². The van der Waals surface area contributed by atoms with Gasteiger partial charge in [0, 0.05) is 13.6 Å². The second kappa shape index (κ2) is 5.06. The SMILES string of the molecule is CNS(=O)(=O)NCC1CNCCC1C. The molecule has 0 aromatic rings. The van der Waals surface area contributed by atoms with E-state index in [2.05, 4.69) is 21.7 Å². The van der Waals surface area contributed by atoms with Crippen molar-refractivity contribution in [1.82, 2.24) is 14.8 Å². The van der Waals surface area contributed by atoms with Crippen molar-refractivity contribution >= 4 is 10.2 Å². The van der Waals surface area contributed by atoms with Gasteiger partial charge in [0.25, 0.3) is 10.2 Å². The first-order chi connectivity index (χ1) is 6.55. The van der Waals surface area contributed by atoms with Crippen LogP contribution >= 0.6 is 0 Å². The van der Waals surface area contributed by atoms with Crippen molar-refractivity contribution in [3.63, 3.8) is 0 Å². The first-order valence-electron chi connectivity index (χ1n) is 4.94. The molecule has 1 fully saturated rings. The highest BCUT2D eigenvalue weighted by Gasteiger charge is 2.22. The van der Waals surface area contributed by atoms with E-state index in [0.717, 1.165) is 19.5 Å². The van der Waals surface area contributed by atoms with Crippen LogP contribution in [-0.2, 0) is 10.2 Å². The monoisotopic (exact) mass is 221 g/mol. The van der Waals surface area contributed by atoms with Gasteiger partial charge in [-0.05, 0) is 31.3 Å². The van der Waals surface area contributed by atoms with Crippen LogP contribution in [0.2, 0.25) is 0 Å². The molecule has 0 spiro atoms. The molecule has 0 radical (unpaired) electrons. The fourth-order valence-electron chi connectivity index (χ4n) is 1.62. The molecule has 1 heterocycles. The second-order valence-electron chi connectivity index (χ2n) is 3.79. The molecular formula is C8H19N3O2S. The van der Waals surface area contributed by atoms with Crippen molar-refractivity contribution in [3.05, 3.63) is 0 Å². The van der Waals surface area contributed by atoms with Crippen LogP contribution in [0.1, 0.15) is 13.3 Å². The van der Waals surface area contributed by atoms with Crippen LogP contribution in [0, 0.1) is 11.8 Å². The third-order valence-corrected chi connectivity index (χ3v) is 3.88. The van der Waals surface area contributed by atoms with Crippen LogP contribution in [0.3, 0.4) is 0 Å². The van der Waals surface area contributed by atoms with E-state index < -0.39 is 10.2 Å². The van der Waals surface area contributed by atoms with Crippen molar-refractivity contribution in [3.8, 4) is 0 Å². The Labute approximate surface area is 85.8 Å². The molecule has 1 rings (SSSR count). The molecule has 0 aliphatic carbocycles. The van der Waals surface area contributed by atoms with Crippen LogP contribution in [0.25, 0.3) is 0 Å². The van der Waals surface area contributed by atoms with Crippen molar-refractivity contribution in [2.75, 3.05) is 26.7 Å². The van der Waals surface area contributed by atoms with Gasteiger partial charge in [0.1, 0.15) is 0 Å². The van der Waals surface area contributed by atoms with Crippen LogP contribution in [-0.4, -0.2) is 35.1 Å². The van der Waals surface area contributed by atoms with Gasteiger partial charge in [-0.15, -0.1) is 0 Å². The standard InChI is InChI=1S/C8H19N3O2S/c1-7-3-4-10-5-8(7)6-11-14(12,13)9-2/h7-11H,3-6H2,1-2H3. The quantitative estimate of drug-likeness (QED) is 0.587. The Kier molecular flexibility index (Phi) is 4.31. The van der Waals surface area contributed by atoms with Crippen LogP contribution < -0.4 is 14.8 Å². The summed E-state index contributed by atoms with van der Waals surface area (Å²) in [4.78, 5) is 0. The first-order valence-corrected chi connectivity index (χ1v) is 6.42. The van der Waals surface area contributed by atoms with Crippen molar-refractivity contribution < 1.29 is 8.42 Å². The van der Waals surface area contributed by atoms with Gasteiger partial charge in [-0.25, -0.2) is 9.44 Å². The third kappa shape index (κ3) is 3.53. The molecule has 3 N–H and O–H groups in total. The van der Waals surface area contributed by atoms with Crippen LogP contribution in [0.5, 0.6) is 0 Å². The summed E-state index contributed by atoms with van der Waals surface area (Å²) in [5, 5.41) is 3.26. The smallest absolute Gasteiger partial charge is 0.276 e. The van der Waals surface area contributed by atoms with Crippen molar-refractivity contribution in [1.29, 1.82) is 0 Å². The fourth-order valence-corrected chi connectivity index (χ4v) is 2.19. The van der Waals surface area contributed by atoms with E-state index in [1.165, 1.54) is 7.05 Å². The molecule has 1 aliphatic rings. The van der Waals surface area contributed by atoms with Gasteiger partial charge in [0.05, 0.1) is 0 Å². The largest absolute Gasteiger partial charge is 0.316 e. The maximum absolute atomic E-state index is 11.1. The van der Waals surface area contributed by atoms with E-state index in [-0.39, 0.29) is 0 Å². The molecule has 1 saturated heterocycles. The summed E-state index contributed by atoms with van der Waals surface area (Å²) in [5.74, 6) is 0.975. The Morgan fingerprint density at radius 1 is 1.50 bits per heavy atom. The summed E-state index contributed by atoms with van der Waals surface area (Å²) < 4.78 is 27.0. The van der Waals surface area contributed by atoms with E-state index in [1.807, 2.05) is 0 Å². The summed E-state index contributed by atoms with van der Waals surface area (Å²) in [6.07, 6.45) is 1.12. The van der Waals surface area contributed by atoms with Crippen molar-refractivity contribution in [2.24, 2.45) is 11.8 Å². The minimum absolute atomic E-state index is 0.395. The zero-order valence-electron chi connectivity index (χ0n) is 8.71. The van der Waals surface area contributed by atoms with E-state index in [1.54, 1.807) is 0 Å². The maximum atomic E-state index is 11.1. The van der Waals surface area contributed by atoms with Crippen molar-refractivity contribution in [2.45, 2.75) is 13.3 Å². The topological polar surface area (TPSA) is 70.2 Å². The number of nitrogens with one attached hydrogen (secondary N) is 3. The van der Waals surface area contributed by atoms with E-state index in [9.17, 15) is 8.42 Å². The lowest BCUT2D eigenvalue weighted by molar-refractivity contribution is 0.275. The number of piperidine rings is 1. The molecule has 2 unspecified atom stereocenters. The molecule has 0 amide bonds. The minimum atomic E-state index is -3.27. The Hall–Kier alpha value is -0.170. The average Bonchev–Trinajstić information content (AvgIpc) is 2.17. The summed E-state index contributed by atoms with van der Waals surface area (Å²) >= 11 is 0. The van der Waals surface area contributed by atoms with Crippen LogP contribution in [0.4, 0.5) is 0 Å². The van der Waals surface area contributed by atoms with Gasteiger partial charge >= 0.3 is 0 Å². The predicted molar refractivity (Wildman–Crippen MR) is 56.1 cm³/mol. The molecule has 5 nitrogen and oxygen atoms in total. The normalized spacial score (nSPS) is 29.0. The van der Waals surface area contributed by atoms with Crippen LogP contribution in [0.15, 0.2) is 0 Å². The molecular weight excluding hydrogens is 202 g/mol. The highest BCUT2D eigenvalue weighted by atomic mass is 32.2. The van der Waals surface area contributed by atoms with E-state index >= 15 is 0 Å². The fraction of sp³-hybridized carbons (Fsp3) is 1.00. The lowest BCUT2D eigenvalue weighted by atomic mass is 9.88. The lowest BCUT2D eigenvalue weighted by Gasteiger charge is -2.29. The highest BCUT2D eigenvalue weighted by Crippen LogP contribution is 2.17. The van der Waals surface area contributed by atoms with Gasteiger partial charge in [0.2, 0.25) is 0 Å². The number of hydrogen-bond donors (Lipinski definition) is 3. The number of rotatable bonds is 4. The zero-order valence-corrected chi connectivity index (χ0v) is 9.52. The Morgan fingerprint density at radius 2 is 2.21 bits per heavy atom. The molecule has 6 heteroatoms. The molecule has 1 aliphatic heterocycles. The molecule has 0 saturated carbocycles. The van der Waals surface area contributed by atoms with E-state index in [4.69, 9.17) is 0 Å². The zero-order chi connectivity index (χ0) is 10.6. The molecule has 14 heavy (non-hydrogen) atoms. The number of hydrogen-bond acceptors (Lipinski definition) is 3.